The van der Waals surface area contributed by atoms with Gasteiger partial charge in [-0.15, -0.1) is 0 Å². The second-order valence-electron chi connectivity index (χ2n) is 6.08. The number of nitrogens with one attached hydrogen (secondary N) is 1. The van der Waals surface area contributed by atoms with E-state index in [9.17, 15) is 18.0 Å². The molecule has 8 heteroatoms. The zero-order valence-corrected chi connectivity index (χ0v) is 15.9. The van der Waals surface area contributed by atoms with Crippen molar-refractivity contribution >= 4 is 23.2 Å². The Bertz CT molecular complexity index is 812. The summed E-state index contributed by atoms with van der Waals surface area (Å²) in [6.07, 6.45) is -4.62. The van der Waals surface area contributed by atoms with Gasteiger partial charge in [0.1, 0.15) is 5.75 Å². The summed E-state index contributed by atoms with van der Waals surface area (Å²) in [5.74, 6) is 0.120. The molecule has 0 aromatic heterocycles. The van der Waals surface area contributed by atoms with Crippen molar-refractivity contribution in [3.63, 3.8) is 0 Å². The van der Waals surface area contributed by atoms with Crippen molar-refractivity contribution in [3.05, 3.63) is 58.6 Å². The fourth-order valence-corrected chi connectivity index (χ4v) is 2.71. The Labute approximate surface area is 160 Å². The minimum atomic E-state index is -4.62. The van der Waals surface area contributed by atoms with E-state index in [2.05, 4.69) is 5.32 Å². The number of carbonyl (C=O) groups is 1. The van der Waals surface area contributed by atoms with Crippen molar-refractivity contribution in [2.24, 2.45) is 0 Å². The third-order valence-electron chi connectivity index (χ3n) is 4.20. The van der Waals surface area contributed by atoms with Gasteiger partial charge in [-0.3, -0.25) is 9.69 Å². The van der Waals surface area contributed by atoms with Crippen LogP contribution in [-0.4, -0.2) is 31.0 Å². The summed E-state index contributed by atoms with van der Waals surface area (Å²) in [7, 11) is 3.26. The van der Waals surface area contributed by atoms with Crippen molar-refractivity contribution in [1.82, 2.24) is 4.90 Å². The van der Waals surface area contributed by atoms with Crippen molar-refractivity contribution < 1.29 is 22.7 Å². The minimum absolute atomic E-state index is 0.0540. The van der Waals surface area contributed by atoms with Crippen LogP contribution in [0.3, 0.4) is 0 Å². The van der Waals surface area contributed by atoms with Crippen molar-refractivity contribution in [2.45, 2.75) is 25.7 Å². The Morgan fingerprint density at radius 2 is 1.93 bits per heavy atom. The summed E-state index contributed by atoms with van der Waals surface area (Å²) in [5.41, 5.74) is -0.443. The zero-order valence-electron chi connectivity index (χ0n) is 15.1. The highest BCUT2D eigenvalue weighted by molar-refractivity contribution is 6.30. The number of likely N-dealkylation sites (N-methyl/N-ethyl adjacent to an activating group) is 1. The number of rotatable bonds is 6. The Kier molecular flexibility index (Phi) is 6.73. The molecule has 1 atom stereocenters. The highest BCUT2D eigenvalue weighted by atomic mass is 35.5. The molecule has 1 amide bonds. The maximum absolute atomic E-state index is 13.2. The number of hydrogen-bond donors (Lipinski definition) is 1. The lowest BCUT2D eigenvalue weighted by atomic mass is 10.1. The molecule has 0 aliphatic rings. The third kappa shape index (κ3) is 5.37. The van der Waals surface area contributed by atoms with Crippen LogP contribution in [0.2, 0.25) is 5.02 Å². The van der Waals surface area contributed by atoms with Gasteiger partial charge in [-0.1, -0.05) is 29.8 Å². The van der Waals surface area contributed by atoms with Crippen LogP contribution in [0.15, 0.2) is 42.5 Å². The maximum atomic E-state index is 13.2. The third-order valence-corrected chi connectivity index (χ3v) is 4.43. The van der Waals surface area contributed by atoms with E-state index in [-0.39, 0.29) is 10.7 Å². The molecule has 146 valence electrons. The first kappa shape index (κ1) is 21.1. The second-order valence-corrected chi connectivity index (χ2v) is 6.52. The molecule has 0 fully saturated rings. The molecule has 0 bridgehead atoms. The molecular weight excluding hydrogens is 381 g/mol. The lowest BCUT2D eigenvalue weighted by Crippen LogP contribution is -2.39. The number of anilines is 1. The molecule has 0 spiro atoms. The van der Waals surface area contributed by atoms with Gasteiger partial charge in [0, 0.05) is 17.1 Å². The molecule has 4 nitrogen and oxygen atoms in total. The molecule has 2 aromatic rings. The van der Waals surface area contributed by atoms with Gasteiger partial charge in [-0.05, 0) is 38.2 Å². The molecule has 0 aliphatic heterocycles. The van der Waals surface area contributed by atoms with E-state index in [0.29, 0.717) is 12.3 Å². The van der Waals surface area contributed by atoms with Crippen LogP contribution >= 0.6 is 11.6 Å². The van der Waals surface area contributed by atoms with Gasteiger partial charge < -0.3 is 10.1 Å². The summed E-state index contributed by atoms with van der Waals surface area (Å²) in [6.45, 7) is 2.01. The number of amides is 1. The van der Waals surface area contributed by atoms with Crippen LogP contribution in [0.4, 0.5) is 18.9 Å². The average Bonchev–Trinajstić information content (AvgIpc) is 2.62. The smallest absolute Gasteiger partial charge is 0.418 e. The fraction of sp³-hybridized carbons (Fsp3) is 0.316. The Morgan fingerprint density at radius 3 is 2.56 bits per heavy atom. The lowest BCUT2D eigenvalue weighted by Gasteiger charge is -2.25. The van der Waals surface area contributed by atoms with Crippen molar-refractivity contribution in [3.8, 4) is 5.75 Å². The fourth-order valence-electron chi connectivity index (χ4n) is 2.54. The summed E-state index contributed by atoms with van der Waals surface area (Å²) < 4.78 is 44.8. The van der Waals surface area contributed by atoms with E-state index >= 15 is 0 Å². The van der Waals surface area contributed by atoms with Crippen LogP contribution in [0.5, 0.6) is 5.75 Å². The van der Waals surface area contributed by atoms with Crippen LogP contribution in [-0.2, 0) is 17.5 Å². The van der Waals surface area contributed by atoms with Gasteiger partial charge >= 0.3 is 6.18 Å². The van der Waals surface area contributed by atoms with Crippen molar-refractivity contribution in [2.75, 3.05) is 19.5 Å². The Hall–Kier alpha value is -2.25. The standard InChI is InChI=1S/C19H20ClF3N2O2/c1-12(25(2)11-13-6-4-5-7-17(13)27-3)18(26)24-16-9-8-14(20)10-15(16)19(21,22)23/h4-10,12H,11H2,1-3H3,(H,24,26)/t12-/m0/s1. The SMILES string of the molecule is COc1ccccc1CN(C)[C@@H](C)C(=O)Nc1ccc(Cl)cc1C(F)(F)F. The van der Waals surface area contributed by atoms with E-state index in [1.807, 2.05) is 18.2 Å². The summed E-state index contributed by atoms with van der Waals surface area (Å²) in [4.78, 5) is 14.2. The highest BCUT2D eigenvalue weighted by Gasteiger charge is 2.34. The lowest BCUT2D eigenvalue weighted by molar-refractivity contribution is -0.137. The number of ether oxygens (including phenoxy) is 1. The van der Waals surface area contributed by atoms with Crippen LogP contribution < -0.4 is 10.1 Å². The van der Waals surface area contributed by atoms with Gasteiger partial charge in [0.05, 0.1) is 24.4 Å². The normalized spacial score (nSPS) is 12.7. The Morgan fingerprint density at radius 1 is 1.26 bits per heavy atom. The summed E-state index contributed by atoms with van der Waals surface area (Å²) in [6, 6.07) is 9.91. The highest BCUT2D eigenvalue weighted by Crippen LogP contribution is 2.36. The van der Waals surface area contributed by atoms with Gasteiger partial charge in [-0.2, -0.15) is 13.2 Å². The average molecular weight is 401 g/mol. The van der Waals surface area contributed by atoms with Gasteiger partial charge in [-0.25, -0.2) is 0 Å². The molecule has 27 heavy (non-hydrogen) atoms. The molecule has 0 aliphatic carbocycles. The summed E-state index contributed by atoms with van der Waals surface area (Å²) in [5, 5.41) is 2.29. The predicted molar refractivity (Wildman–Crippen MR) is 99.0 cm³/mol. The first-order valence-electron chi connectivity index (χ1n) is 8.13. The zero-order chi connectivity index (χ0) is 20.2. The first-order chi connectivity index (χ1) is 12.6. The molecule has 0 saturated carbocycles. The molecule has 0 unspecified atom stereocenters. The molecule has 2 aromatic carbocycles. The van der Waals surface area contributed by atoms with E-state index in [1.165, 1.54) is 6.07 Å². The van der Waals surface area contributed by atoms with E-state index in [1.54, 1.807) is 32.0 Å². The van der Waals surface area contributed by atoms with Gasteiger partial charge in [0.15, 0.2) is 0 Å². The number of methoxy groups -OCH3 is 1. The maximum Gasteiger partial charge on any atom is 0.418 e. The molecule has 1 N–H and O–H groups in total. The molecule has 2 rings (SSSR count). The Balaban J connectivity index is 2.14. The van der Waals surface area contributed by atoms with Gasteiger partial charge in [0.25, 0.3) is 0 Å². The predicted octanol–water partition coefficient (Wildman–Crippen LogP) is 4.83. The van der Waals surface area contributed by atoms with E-state index in [4.69, 9.17) is 16.3 Å². The quantitative estimate of drug-likeness (QED) is 0.755. The minimum Gasteiger partial charge on any atom is -0.496 e. The van der Waals surface area contributed by atoms with Gasteiger partial charge in [0.2, 0.25) is 5.91 Å². The monoisotopic (exact) mass is 400 g/mol. The molecular formula is C19H20ClF3N2O2. The number of hydrogen-bond acceptors (Lipinski definition) is 3. The first-order valence-corrected chi connectivity index (χ1v) is 8.51. The summed E-state index contributed by atoms with van der Waals surface area (Å²) >= 11 is 5.66. The number of para-hydroxylation sites is 1. The number of halogens is 4. The molecule has 0 radical (unpaired) electrons. The topological polar surface area (TPSA) is 41.6 Å². The van der Waals surface area contributed by atoms with E-state index in [0.717, 1.165) is 17.7 Å². The number of nitrogens with zero attached hydrogens (tertiary/aromatic N) is 1. The van der Waals surface area contributed by atoms with Crippen LogP contribution in [0, 0.1) is 0 Å². The molecule has 0 heterocycles. The number of benzene rings is 2. The van der Waals surface area contributed by atoms with Crippen LogP contribution in [0.25, 0.3) is 0 Å². The number of alkyl halides is 3. The van der Waals surface area contributed by atoms with Crippen molar-refractivity contribution in [1.29, 1.82) is 0 Å². The second kappa shape index (κ2) is 8.63. The van der Waals surface area contributed by atoms with E-state index < -0.39 is 23.7 Å². The molecule has 0 saturated heterocycles. The number of carbonyl (C=O) groups excluding carboxylic acids is 1. The largest absolute Gasteiger partial charge is 0.496 e. The van der Waals surface area contributed by atoms with Crippen LogP contribution in [0.1, 0.15) is 18.1 Å².